The molecule has 1 aliphatic rings. The van der Waals surface area contributed by atoms with Crippen LogP contribution in [0.1, 0.15) is 24.8 Å². The van der Waals surface area contributed by atoms with Crippen LogP contribution in [0, 0.1) is 5.82 Å². The fourth-order valence-electron chi connectivity index (χ4n) is 2.45. The normalized spacial score (nSPS) is 24.1. The largest absolute Gasteiger partial charge is 0.391 e. The first-order valence-corrected chi connectivity index (χ1v) is 8.33. The molecular formula is C13H16ClFO3S. The summed E-state index contributed by atoms with van der Waals surface area (Å²) in [7, 11) is -3.23. The van der Waals surface area contributed by atoms with E-state index in [0.29, 0.717) is 18.4 Å². The lowest BCUT2D eigenvalue weighted by atomic mass is 10.0. The van der Waals surface area contributed by atoms with Gasteiger partial charge in [0.05, 0.1) is 22.1 Å². The van der Waals surface area contributed by atoms with Gasteiger partial charge in [-0.05, 0) is 37.0 Å². The molecule has 1 aromatic rings. The summed E-state index contributed by atoms with van der Waals surface area (Å²) in [6.45, 7) is 0. The van der Waals surface area contributed by atoms with Crippen LogP contribution in [0.5, 0.6) is 0 Å². The molecule has 1 aromatic carbocycles. The lowest BCUT2D eigenvalue weighted by Gasteiger charge is -2.26. The van der Waals surface area contributed by atoms with Gasteiger partial charge in [0.15, 0.2) is 9.84 Å². The van der Waals surface area contributed by atoms with Gasteiger partial charge >= 0.3 is 0 Å². The fraction of sp³-hybridized carbons (Fsp3) is 0.538. The Morgan fingerprint density at radius 2 is 2.16 bits per heavy atom. The smallest absolute Gasteiger partial charge is 0.155 e. The summed E-state index contributed by atoms with van der Waals surface area (Å²) in [6, 6.07) is 4.25. The van der Waals surface area contributed by atoms with Crippen molar-refractivity contribution in [3.8, 4) is 0 Å². The highest BCUT2D eigenvalue weighted by Crippen LogP contribution is 2.25. The molecule has 0 radical (unpaired) electrons. The topological polar surface area (TPSA) is 54.4 Å². The molecule has 19 heavy (non-hydrogen) atoms. The minimum Gasteiger partial charge on any atom is -0.391 e. The summed E-state index contributed by atoms with van der Waals surface area (Å²) in [5, 5.41) is 9.37. The van der Waals surface area contributed by atoms with Crippen LogP contribution in [-0.4, -0.2) is 30.6 Å². The molecule has 106 valence electrons. The molecule has 0 amide bonds. The van der Waals surface area contributed by atoms with Crippen molar-refractivity contribution in [1.29, 1.82) is 0 Å². The number of benzene rings is 1. The molecule has 1 fully saturated rings. The summed E-state index contributed by atoms with van der Waals surface area (Å²) >= 11 is 5.58. The number of aliphatic hydroxyl groups excluding tert-OH is 1. The van der Waals surface area contributed by atoms with Gasteiger partial charge in [-0.1, -0.05) is 24.1 Å². The van der Waals surface area contributed by atoms with Crippen LogP contribution in [0.3, 0.4) is 0 Å². The van der Waals surface area contributed by atoms with Crippen molar-refractivity contribution in [2.24, 2.45) is 0 Å². The van der Waals surface area contributed by atoms with Gasteiger partial charge in [0, 0.05) is 0 Å². The van der Waals surface area contributed by atoms with Crippen molar-refractivity contribution >= 4 is 21.4 Å². The van der Waals surface area contributed by atoms with Gasteiger partial charge in [-0.3, -0.25) is 0 Å². The van der Waals surface area contributed by atoms with E-state index in [-0.39, 0.29) is 17.2 Å². The SMILES string of the molecule is O=S1(=O)CCCCC1C(O)Cc1ccc(Cl)c(F)c1. The summed E-state index contributed by atoms with van der Waals surface area (Å²) in [6.07, 6.45) is 1.06. The van der Waals surface area contributed by atoms with Crippen LogP contribution in [0.2, 0.25) is 5.02 Å². The predicted octanol–water partition coefficient (Wildman–Crippen LogP) is 2.35. The van der Waals surface area contributed by atoms with Gasteiger partial charge in [-0.25, -0.2) is 12.8 Å². The third-order valence-corrected chi connectivity index (χ3v) is 6.12. The zero-order valence-corrected chi connectivity index (χ0v) is 11.9. The number of aliphatic hydroxyl groups is 1. The second kappa shape index (κ2) is 5.77. The predicted molar refractivity (Wildman–Crippen MR) is 72.5 cm³/mol. The third-order valence-electron chi connectivity index (χ3n) is 3.49. The third kappa shape index (κ3) is 3.46. The number of halogens is 2. The van der Waals surface area contributed by atoms with Crippen LogP contribution in [-0.2, 0) is 16.3 Å². The maximum Gasteiger partial charge on any atom is 0.155 e. The van der Waals surface area contributed by atoms with Gasteiger partial charge in [0.25, 0.3) is 0 Å². The molecule has 0 aliphatic carbocycles. The quantitative estimate of drug-likeness (QED) is 0.932. The van der Waals surface area contributed by atoms with Gasteiger partial charge in [0.2, 0.25) is 0 Å². The van der Waals surface area contributed by atoms with Crippen LogP contribution in [0.25, 0.3) is 0 Å². The van der Waals surface area contributed by atoms with Gasteiger partial charge in [-0.2, -0.15) is 0 Å². The Labute approximate surface area is 117 Å². The van der Waals surface area contributed by atoms with E-state index in [1.54, 1.807) is 6.07 Å². The van der Waals surface area contributed by atoms with Crippen LogP contribution in [0.15, 0.2) is 18.2 Å². The molecule has 0 saturated carbocycles. The van der Waals surface area contributed by atoms with Crippen molar-refractivity contribution in [2.45, 2.75) is 37.0 Å². The molecule has 2 unspecified atom stereocenters. The first-order valence-electron chi connectivity index (χ1n) is 6.24. The summed E-state index contributed by atoms with van der Waals surface area (Å²) in [5.41, 5.74) is 0.551. The first-order chi connectivity index (χ1) is 8.90. The molecule has 2 rings (SSSR count). The van der Waals surface area contributed by atoms with E-state index >= 15 is 0 Å². The van der Waals surface area contributed by atoms with Gasteiger partial charge in [-0.15, -0.1) is 0 Å². The van der Waals surface area contributed by atoms with E-state index in [1.807, 2.05) is 0 Å². The van der Waals surface area contributed by atoms with Crippen molar-refractivity contribution in [1.82, 2.24) is 0 Å². The number of hydrogen-bond acceptors (Lipinski definition) is 3. The average molecular weight is 307 g/mol. The van der Waals surface area contributed by atoms with E-state index in [2.05, 4.69) is 0 Å². The molecule has 0 spiro atoms. The van der Waals surface area contributed by atoms with Crippen molar-refractivity contribution in [2.75, 3.05) is 5.75 Å². The first kappa shape index (κ1) is 14.8. The standard InChI is InChI=1S/C13H16ClFO3S/c14-10-5-4-9(7-11(10)15)8-12(16)13-3-1-2-6-19(13,17)18/h4-5,7,12-13,16H,1-3,6,8H2. The summed E-state index contributed by atoms with van der Waals surface area (Å²) < 4.78 is 37.1. The van der Waals surface area contributed by atoms with Crippen molar-refractivity contribution < 1.29 is 17.9 Å². The minimum atomic E-state index is -3.23. The monoisotopic (exact) mass is 306 g/mol. The lowest BCUT2D eigenvalue weighted by molar-refractivity contribution is 0.162. The molecular weight excluding hydrogens is 291 g/mol. The molecule has 6 heteroatoms. The second-order valence-electron chi connectivity index (χ2n) is 4.92. The second-order valence-corrected chi connectivity index (χ2v) is 7.67. The maximum absolute atomic E-state index is 13.3. The Kier molecular flexibility index (Phi) is 4.48. The maximum atomic E-state index is 13.3. The fourth-order valence-corrected chi connectivity index (χ4v) is 4.58. The van der Waals surface area contributed by atoms with Gasteiger partial charge < -0.3 is 5.11 Å². The Bertz CT molecular complexity index is 559. The molecule has 1 aliphatic heterocycles. The summed E-state index contributed by atoms with van der Waals surface area (Å²) in [4.78, 5) is 0. The van der Waals surface area contributed by atoms with Crippen molar-refractivity contribution in [3.05, 3.63) is 34.6 Å². The van der Waals surface area contributed by atoms with E-state index in [4.69, 9.17) is 11.6 Å². The van der Waals surface area contributed by atoms with E-state index in [1.165, 1.54) is 12.1 Å². The Balaban J connectivity index is 2.11. The number of rotatable bonds is 3. The molecule has 0 aromatic heterocycles. The van der Waals surface area contributed by atoms with Crippen LogP contribution < -0.4 is 0 Å². The molecule has 1 N–H and O–H groups in total. The Morgan fingerprint density at radius 1 is 1.42 bits per heavy atom. The zero-order chi connectivity index (χ0) is 14.0. The van der Waals surface area contributed by atoms with Crippen molar-refractivity contribution in [3.63, 3.8) is 0 Å². The minimum absolute atomic E-state index is 0.0172. The highest BCUT2D eigenvalue weighted by atomic mass is 35.5. The summed E-state index contributed by atoms with van der Waals surface area (Å²) in [5.74, 6) is -0.429. The number of sulfone groups is 1. The highest BCUT2D eigenvalue weighted by molar-refractivity contribution is 7.92. The molecule has 3 nitrogen and oxygen atoms in total. The molecule has 2 atom stereocenters. The van der Waals surface area contributed by atoms with Crippen LogP contribution >= 0.6 is 11.6 Å². The Hall–Kier alpha value is -0.650. The van der Waals surface area contributed by atoms with E-state index in [0.717, 1.165) is 6.42 Å². The van der Waals surface area contributed by atoms with Crippen LogP contribution in [0.4, 0.5) is 4.39 Å². The Morgan fingerprint density at radius 3 is 2.79 bits per heavy atom. The van der Waals surface area contributed by atoms with E-state index in [9.17, 15) is 17.9 Å². The highest BCUT2D eigenvalue weighted by Gasteiger charge is 2.34. The lowest BCUT2D eigenvalue weighted by Crippen LogP contribution is -2.39. The van der Waals surface area contributed by atoms with E-state index < -0.39 is 27.0 Å². The molecule has 0 bridgehead atoms. The molecule has 1 saturated heterocycles. The van der Waals surface area contributed by atoms with Gasteiger partial charge in [0.1, 0.15) is 5.82 Å². The zero-order valence-electron chi connectivity index (χ0n) is 10.4. The molecule has 1 heterocycles. The number of hydrogen-bond donors (Lipinski definition) is 1. The average Bonchev–Trinajstić information content (AvgIpc) is 2.33.